The number of hydrogen-bond acceptors (Lipinski definition) is 5. The summed E-state index contributed by atoms with van der Waals surface area (Å²) in [6, 6.07) is 0. The third kappa shape index (κ3) is 5.56. The van der Waals surface area contributed by atoms with Crippen LogP contribution in [0.2, 0.25) is 0 Å². The van der Waals surface area contributed by atoms with E-state index >= 15 is 0 Å². The van der Waals surface area contributed by atoms with E-state index in [4.69, 9.17) is 9.47 Å². The second kappa shape index (κ2) is 7.92. The Kier molecular flexibility index (Phi) is 7.34. The summed E-state index contributed by atoms with van der Waals surface area (Å²) in [6.07, 6.45) is -0.468. The zero-order valence-corrected chi connectivity index (χ0v) is 11.2. The Bertz CT molecular complexity index is 245. The fourth-order valence-corrected chi connectivity index (χ4v) is 1.30. The van der Waals surface area contributed by atoms with Gasteiger partial charge in [0.15, 0.2) is 0 Å². The molecule has 0 rings (SSSR count). The summed E-state index contributed by atoms with van der Waals surface area (Å²) in [7, 11) is 1.26. The van der Waals surface area contributed by atoms with Crippen LogP contribution in [0.3, 0.4) is 0 Å². The molecule has 1 atom stereocenters. The Morgan fingerprint density at radius 3 is 1.94 bits per heavy atom. The molecule has 0 saturated carbocycles. The zero-order chi connectivity index (χ0) is 13.4. The average Bonchev–Trinajstić information content (AvgIpc) is 2.31. The molecule has 0 spiro atoms. The van der Waals surface area contributed by atoms with Crippen molar-refractivity contribution in [2.75, 3.05) is 7.11 Å². The first-order valence-electron chi connectivity index (χ1n) is 5.91. The lowest BCUT2D eigenvalue weighted by molar-refractivity contribution is -0.155. The number of methoxy groups -OCH3 is 1. The maximum absolute atomic E-state index is 11.5. The summed E-state index contributed by atoms with van der Waals surface area (Å²) in [5, 5.41) is 0. The van der Waals surface area contributed by atoms with Crippen LogP contribution in [0.5, 0.6) is 0 Å². The van der Waals surface area contributed by atoms with E-state index in [0.29, 0.717) is 0 Å². The van der Waals surface area contributed by atoms with Gasteiger partial charge in [-0.05, 0) is 12.8 Å². The molecule has 0 N–H and O–H groups in total. The molecule has 0 aliphatic heterocycles. The van der Waals surface area contributed by atoms with Crippen molar-refractivity contribution in [3.63, 3.8) is 0 Å². The molecule has 1 unspecified atom stereocenters. The van der Waals surface area contributed by atoms with Crippen LogP contribution in [0.1, 0.15) is 40.5 Å². The molecular formula is C12H22O5. The number of carbonyl (C=O) groups is 2. The average molecular weight is 246 g/mol. The van der Waals surface area contributed by atoms with E-state index in [1.54, 1.807) is 13.8 Å². The van der Waals surface area contributed by atoms with Gasteiger partial charge in [0.05, 0.1) is 7.11 Å². The van der Waals surface area contributed by atoms with E-state index < -0.39 is 18.2 Å². The standard InChI is InChI=1S/C12H22O5/c1-6-9(7-2)16-12(14)17-10(8(3)4)11(13)15-5/h8-10H,6-7H2,1-5H3. The SMILES string of the molecule is CCC(CC)OC(=O)OC(C(=O)OC)C(C)C. The smallest absolute Gasteiger partial charge is 0.466 e. The van der Waals surface area contributed by atoms with Crippen molar-refractivity contribution in [3.05, 3.63) is 0 Å². The number of ether oxygens (including phenoxy) is 3. The van der Waals surface area contributed by atoms with Crippen molar-refractivity contribution in [1.29, 1.82) is 0 Å². The van der Waals surface area contributed by atoms with Gasteiger partial charge >= 0.3 is 12.1 Å². The molecule has 0 saturated heterocycles. The highest BCUT2D eigenvalue weighted by atomic mass is 16.7. The van der Waals surface area contributed by atoms with Gasteiger partial charge in [0, 0.05) is 5.92 Å². The molecule has 0 aromatic heterocycles. The predicted molar refractivity (Wildman–Crippen MR) is 62.6 cm³/mol. The molecule has 100 valence electrons. The summed E-state index contributed by atoms with van der Waals surface area (Å²) >= 11 is 0. The van der Waals surface area contributed by atoms with Gasteiger partial charge in [-0.1, -0.05) is 27.7 Å². The van der Waals surface area contributed by atoms with Crippen molar-refractivity contribution in [3.8, 4) is 0 Å². The van der Waals surface area contributed by atoms with Crippen molar-refractivity contribution >= 4 is 12.1 Å². The number of esters is 1. The molecule has 5 heteroatoms. The molecule has 0 aromatic rings. The monoisotopic (exact) mass is 246 g/mol. The minimum Gasteiger partial charge on any atom is -0.466 e. The maximum Gasteiger partial charge on any atom is 0.509 e. The van der Waals surface area contributed by atoms with Gasteiger partial charge in [0.2, 0.25) is 6.10 Å². The minimum atomic E-state index is -0.915. The van der Waals surface area contributed by atoms with E-state index in [0.717, 1.165) is 12.8 Å². The van der Waals surface area contributed by atoms with Crippen LogP contribution in [0.4, 0.5) is 4.79 Å². The Balaban J connectivity index is 4.36. The number of hydrogen-bond donors (Lipinski definition) is 0. The summed E-state index contributed by atoms with van der Waals surface area (Å²) in [5.41, 5.74) is 0. The molecule has 0 amide bonds. The summed E-state index contributed by atoms with van der Waals surface area (Å²) < 4.78 is 14.6. The van der Waals surface area contributed by atoms with E-state index in [2.05, 4.69) is 4.74 Å². The Morgan fingerprint density at radius 1 is 1.06 bits per heavy atom. The lowest BCUT2D eigenvalue weighted by Gasteiger charge is -2.20. The zero-order valence-electron chi connectivity index (χ0n) is 11.2. The highest BCUT2D eigenvalue weighted by Crippen LogP contribution is 2.12. The van der Waals surface area contributed by atoms with E-state index in [9.17, 15) is 9.59 Å². The lowest BCUT2D eigenvalue weighted by atomic mass is 10.1. The second-order valence-corrected chi connectivity index (χ2v) is 4.11. The molecule has 0 fully saturated rings. The predicted octanol–water partition coefficient (Wildman–Crippen LogP) is 2.53. The first-order chi connectivity index (χ1) is 7.96. The Hall–Kier alpha value is -1.26. The van der Waals surface area contributed by atoms with Crippen LogP contribution in [-0.4, -0.2) is 31.4 Å². The van der Waals surface area contributed by atoms with Crippen molar-refractivity contribution in [2.45, 2.75) is 52.7 Å². The first-order valence-corrected chi connectivity index (χ1v) is 5.91. The van der Waals surface area contributed by atoms with Crippen molar-refractivity contribution < 1.29 is 23.8 Å². The van der Waals surface area contributed by atoms with Crippen molar-refractivity contribution in [1.82, 2.24) is 0 Å². The fourth-order valence-electron chi connectivity index (χ4n) is 1.30. The fraction of sp³-hybridized carbons (Fsp3) is 0.833. The number of rotatable bonds is 6. The van der Waals surface area contributed by atoms with Gasteiger partial charge in [-0.15, -0.1) is 0 Å². The highest BCUT2D eigenvalue weighted by Gasteiger charge is 2.28. The molecule has 5 nitrogen and oxygen atoms in total. The van der Waals surface area contributed by atoms with E-state index in [-0.39, 0.29) is 12.0 Å². The van der Waals surface area contributed by atoms with Gasteiger partial charge in [0.25, 0.3) is 0 Å². The summed E-state index contributed by atoms with van der Waals surface area (Å²) in [5.74, 6) is -0.724. The first kappa shape index (κ1) is 15.7. The normalized spacial score (nSPS) is 12.4. The largest absolute Gasteiger partial charge is 0.509 e. The summed E-state index contributed by atoms with van der Waals surface area (Å²) in [4.78, 5) is 22.8. The molecule has 0 aliphatic carbocycles. The van der Waals surface area contributed by atoms with E-state index in [1.807, 2.05) is 13.8 Å². The Morgan fingerprint density at radius 2 is 1.59 bits per heavy atom. The van der Waals surface area contributed by atoms with Gasteiger partial charge in [-0.3, -0.25) is 0 Å². The van der Waals surface area contributed by atoms with Crippen LogP contribution < -0.4 is 0 Å². The molecule has 17 heavy (non-hydrogen) atoms. The molecular weight excluding hydrogens is 224 g/mol. The third-order valence-electron chi connectivity index (χ3n) is 2.44. The molecule has 0 aliphatic rings. The molecule has 0 bridgehead atoms. The van der Waals surface area contributed by atoms with Crippen LogP contribution in [-0.2, 0) is 19.0 Å². The van der Waals surface area contributed by atoms with Gasteiger partial charge in [-0.25, -0.2) is 9.59 Å². The Labute approximate surface area is 102 Å². The van der Waals surface area contributed by atoms with Crippen LogP contribution in [0.15, 0.2) is 0 Å². The number of carbonyl (C=O) groups excluding carboxylic acids is 2. The van der Waals surface area contributed by atoms with Crippen LogP contribution in [0.25, 0.3) is 0 Å². The van der Waals surface area contributed by atoms with Gasteiger partial charge in [-0.2, -0.15) is 0 Å². The molecule has 0 radical (unpaired) electrons. The lowest BCUT2D eigenvalue weighted by Crippen LogP contribution is -2.34. The molecule has 0 heterocycles. The van der Waals surface area contributed by atoms with Gasteiger partial charge < -0.3 is 14.2 Å². The maximum atomic E-state index is 11.5. The quantitative estimate of drug-likeness (QED) is 0.674. The second-order valence-electron chi connectivity index (χ2n) is 4.11. The summed E-state index contributed by atoms with van der Waals surface area (Å²) in [6.45, 7) is 7.38. The highest BCUT2D eigenvalue weighted by molar-refractivity contribution is 5.77. The van der Waals surface area contributed by atoms with Gasteiger partial charge in [0.1, 0.15) is 6.10 Å². The molecule has 0 aromatic carbocycles. The topological polar surface area (TPSA) is 61.8 Å². The third-order valence-corrected chi connectivity index (χ3v) is 2.44. The van der Waals surface area contributed by atoms with Crippen LogP contribution in [0, 0.1) is 5.92 Å². The van der Waals surface area contributed by atoms with Crippen molar-refractivity contribution in [2.24, 2.45) is 5.92 Å². The van der Waals surface area contributed by atoms with E-state index in [1.165, 1.54) is 7.11 Å². The minimum absolute atomic E-state index is 0.156. The van der Waals surface area contributed by atoms with Crippen LogP contribution >= 0.6 is 0 Å².